The molecule has 2 rings (SSSR count). The van der Waals surface area contributed by atoms with Gasteiger partial charge in [-0.1, -0.05) is 6.92 Å². The molecule has 1 amide bonds. The van der Waals surface area contributed by atoms with Crippen molar-refractivity contribution in [3.63, 3.8) is 0 Å². The summed E-state index contributed by atoms with van der Waals surface area (Å²) in [6.07, 6.45) is 2.19. The van der Waals surface area contributed by atoms with E-state index in [2.05, 4.69) is 0 Å². The topological polar surface area (TPSA) is 55.6 Å². The number of amides is 1. The van der Waals surface area contributed by atoms with Gasteiger partial charge < -0.3 is 15.4 Å². The van der Waals surface area contributed by atoms with Crippen LogP contribution in [-0.4, -0.2) is 43.2 Å². The van der Waals surface area contributed by atoms with Crippen LogP contribution in [0.5, 0.6) is 0 Å². The molecule has 0 aromatic rings. The Hall–Kier alpha value is -0.320. The van der Waals surface area contributed by atoms with Crippen LogP contribution in [0.1, 0.15) is 26.7 Å². The SMILES string of the molecule is CC(N)C(C)C(=O)N1CCC2(CCOC2)C1.Cl. The van der Waals surface area contributed by atoms with E-state index in [4.69, 9.17) is 10.5 Å². The zero-order valence-electron chi connectivity index (χ0n) is 10.6. The summed E-state index contributed by atoms with van der Waals surface area (Å²) in [6, 6.07) is -0.0659. The van der Waals surface area contributed by atoms with Crippen LogP contribution in [-0.2, 0) is 9.53 Å². The minimum atomic E-state index is -0.0718. The predicted molar refractivity (Wildman–Crippen MR) is 69.1 cm³/mol. The summed E-state index contributed by atoms with van der Waals surface area (Å²) in [4.78, 5) is 14.1. The molecule has 3 atom stereocenters. The second-order valence-corrected chi connectivity index (χ2v) is 5.46. The zero-order chi connectivity index (χ0) is 11.8. The van der Waals surface area contributed by atoms with Crippen molar-refractivity contribution < 1.29 is 9.53 Å². The molecular formula is C12H23ClN2O2. The van der Waals surface area contributed by atoms with Crippen molar-refractivity contribution in [3.8, 4) is 0 Å². The molecule has 0 radical (unpaired) electrons. The average molecular weight is 263 g/mol. The van der Waals surface area contributed by atoms with Gasteiger partial charge in [0, 0.05) is 31.2 Å². The van der Waals surface area contributed by atoms with Crippen LogP contribution in [0.2, 0.25) is 0 Å². The fourth-order valence-electron chi connectivity index (χ4n) is 2.61. The van der Waals surface area contributed by atoms with Crippen LogP contribution in [0.25, 0.3) is 0 Å². The fraction of sp³-hybridized carbons (Fsp3) is 0.917. The monoisotopic (exact) mass is 262 g/mol. The van der Waals surface area contributed by atoms with Crippen LogP contribution >= 0.6 is 12.4 Å². The van der Waals surface area contributed by atoms with E-state index in [1.807, 2.05) is 18.7 Å². The van der Waals surface area contributed by atoms with Gasteiger partial charge in [-0.15, -0.1) is 12.4 Å². The van der Waals surface area contributed by atoms with E-state index in [0.717, 1.165) is 39.1 Å². The van der Waals surface area contributed by atoms with Gasteiger partial charge in [0.25, 0.3) is 0 Å². The number of likely N-dealkylation sites (tertiary alicyclic amines) is 1. The normalized spacial score (nSPS) is 31.4. The van der Waals surface area contributed by atoms with E-state index in [9.17, 15) is 4.79 Å². The van der Waals surface area contributed by atoms with Crippen molar-refractivity contribution >= 4 is 18.3 Å². The first-order valence-corrected chi connectivity index (χ1v) is 6.16. The second-order valence-electron chi connectivity index (χ2n) is 5.46. The molecule has 17 heavy (non-hydrogen) atoms. The highest BCUT2D eigenvalue weighted by molar-refractivity contribution is 5.85. The molecule has 0 aromatic heterocycles. The minimum Gasteiger partial charge on any atom is -0.381 e. The second kappa shape index (κ2) is 5.55. The molecule has 3 unspecified atom stereocenters. The van der Waals surface area contributed by atoms with Crippen LogP contribution in [0.4, 0.5) is 0 Å². The number of halogens is 1. The molecular weight excluding hydrogens is 240 g/mol. The standard InChI is InChI=1S/C12H22N2O2.ClH/c1-9(10(2)13)11(15)14-5-3-12(7-14)4-6-16-8-12;/h9-10H,3-8,13H2,1-2H3;1H. The summed E-state index contributed by atoms with van der Waals surface area (Å²) in [5.41, 5.74) is 6.03. The van der Waals surface area contributed by atoms with E-state index in [1.165, 1.54) is 0 Å². The van der Waals surface area contributed by atoms with E-state index in [-0.39, 0.29) is 35.7 Å². The third-order valence-electron chi connectivity index (χ3n) is 4.11. The summed E-state index contributed by atoms with van der Waals surface area (Å²) >= 11 is 0. The summed E-state index contributed by atoms with van der Waals surface area (Å²) < 4.78 is 5.46. The van der Waals surface area contributed by atoms with Gasteiger partial charge >= 0.3 is 0 Å². The number of nitrogens with two attached hydrogens (primary N) is 1. The highest BCUT2D eigenvalue weighted by atomic mass is 35.5. The van der Waals surface area contributed by atoms with E-state index in [0.29, 0.717) is 0 Å². The minimum absolute atomic E-state index is 0. The maximum atomic E-state index is 12.1. The maximum absolute atomic E-state index is 12.1. The van der Waals surface area contributed by atoms with Gasteiger partial charge in [-0.2, -0.15) is 0 Å². The third kappa shape index (κ3) is 2.92. The number of ether oxygens (including phenoxy) is 1. The van der Waals surface area contributed by atoms with Crippen LogP contribution < -0.4 is 5.73 Å². The van der Waals surface area contributed by atoms with Gasteiger partial charge in [0.15, 0.2) is 0 Å². The highest BCUT2D eigenvalue weighted by Crippen LogP contribution is 2.38. The number of nitrogens with zero attached hydrogens (tertiary/aromatic N) is 1. The average Bonchev–Trinajstić information content (AvgIpc) is 2.87. The summed E-state index contributed by atoms with van der Waals surface area (Å²) in [7, 11) is 0. The number of carbonyl (C=O) groups is 1. The first-order valence-electron chi connectivity index (χ1n) is 6.16. The first-order chi connectivity index (χ1) is 7.54. The van der Waals surface area contributed by atoms with Crippen LogP contribution in [0.15, 0.2) is 0 Å². The summed E-state index contributed by atoms with van der Waals surface area (Å²) in [6.45, 7) is 7.23. The van der Waals surface area contributed by atoms with Crippen molar-refractivity contribution in [2.45, 2.75) is 32.7 Å². The van der Waals surface area contributed by atoms with Gasteiger partial charge in [-0.3, -0.25) is 4.79 Å². The molecule has 2 fully saturated rings. The molecule has 2 N–H and O–H groups in total. The van der Waals surface area contributed by atoms with Crippen molar-refractivity contribution in [1.82, 2.24) is 4.90 Å². The van der Waals surface area contributed by atoms with E-state index >= 15 is 0 Å². The molecule has 5 heteroatoms. The quantitative estimate of drug-likeness (QED) is 0.809. The smallest absolute Gasteiger partial charge is 0.226 e. The Morgan fingerprint density at radius 1 is 1.41 bits per heavy atom. The highest BCUT2D eigenvalue weighted by Gasteiger charge is 2.43. The van der Waals surface area contributed by atoms with Gasteiger partial charge in [0.1, 0.15) is 0 Å². The molecule has 100 valence electrons. The molecule has 0 aromatic carbocycles. The first kappa shape index (κ1) is 14.7. The molecule has 0 saturated carbocycles. The Kier molecular flexibility index (Phi) is 4.81. The largest absolute Gasteiger partial charge is 0.381 e. The molecule has 4 nitrogen and oxygen atoms in total. The third-order valence-corrected chi connectivity index (χ3v) is 4.11. The van der Waals surface area contributed by atoms with Gasteiger partial charge in [0.05, 0.1) is 12.5 Å². The Labute approximate surface area is 109 Å². The van der Waals surface area contributed by atoms with Crippen LogP contribution in [0, 0.1) is 11.3 Å². The van der Waals surface area contributed by atoms with Gasteiger partial charge in [0.2, 0.25) is 5.91 Å². The molecule has 2 aliphatic rings. The number of hydrogen-bond acceptors (Lipinski definition) is 3. The van der Waals surface area contributed by atoms with Gasteiger partial charge in [-0.05, 0) is 19.8 Å². The Balaban J connectivity index is 0.00000144. The zero-order valence-corrected chi connectivity index (χ0v) is 11.5. The summed E-state index contributed by atoms with van der Waals surface area (Å²) in [5.74, 6) is 0.135. The Morgan fingerprint density at radius 3 is 2.65 bits per heavy atom. The molecule has 2 saturated heterocycles. The molecule has 1 spiro atoms. The van der Waals surface area contributed by atoms with Crippen molar-refractivity contribution in [2.24, 2.45) is 17.1 Å². The van der Waals surface area contributed by atoms with Crippen molar-refractivity contribution in [2.75, 3.05) is 26.3 Å². The molecule has 0 aliphatic carbocycles. The Morgan fingerprint density at radius 2 is 2.12 bits per heavy atom. The molecule has 2 aliphatic heterocycles. The fourth-order valence-corrected chi connectivity index (χ4v) is 2.61. The molecule has 2 heterocycles. The number of rotatable bonds is 2. The number of carbonyl (C=O) groups excluding carboxylic acids is 1. The van der Waals surface area contributed by atoms with Crippen LogP contribution in [0.3, 0.4) is 0 Å². The number of hydrogen-bond donors (Lipinski definition) is 1. The maximum Gasteiger partial charge on any atom is 0.226 e. The van der Waals surface area contributed by atoms with Crippen molar-refractivity contribution in [3.05, 3.63) is 0 Å². The Bertz CT molecular complexity index is 278. The van der Waals surface area contributed by atoms with Crippen molar-refractivity contribution in [1.29, 1.82) is 0 Å². The lowest BCUT2D eigenvalue weighted by atomic mass is 9.87. The van der Waals surface area contributed by atoms with E-state index < -0.39 is 0 Å². The lowest BCUT2D eigenvalue weighted by Gasteiger charge is -2.25. The predicted octanol–water partition coefficient (Wildman–Crippen LogP) is 1.03. The lowest BCUT2D eigenvalue weighted by Crippen LogP contribution is -2.41. The van der Waals surface area contributed by atoms with Gasteiger partial charge in [-0.25, -0.2) is 0 Å². The summed E-state index contributed by atoms with van der Waals surface area (Å²) in [5, 5.41) is 0. The molecule has 0 bridgehead atoms. The van der Waals surface area contributed by atoms with E-state index in [1.54, 1.807) is 0 Å². The lowest BCUT2D eigenvalue weighted by molar-refractivity contribution is -0.134.